The average Bonchev–Trinajstić information content (AvgIpc) is 3.14. The van der Waals surface area contributed by atoms with Crippen LogP contribution in [0, 0.1) is 6.92 Å². The zero-order valence-corrected chi connectivity index (χ0v) is 15.2. The Bertz CT molecular complexity index is 839. The summed E-state index contributed by atoms with van der Waals surface area (Å²) < 4.78 is 5.33. The van der Waals surface area contributed by atoms with E-state index in [1.165, 1.54) is 0 Å². The van der Waals surface area contributed by atoms with Crippen LogP contribution in [0.1, 0.15) is 47.2 Å². The summed E-state index contributed by atoms with van der Waals surface area (Å²) in [5, 5.41) is 3.00. The smallest absolute Gasteiger partial charge is 0.249 e. The number of ether oxygens (including phenoxy) is 1. The van der Waals surface area contributed by atoms with E-state index in [9.17, 15) is 9.59 Å². The molecule has 3 rings (SSSR count). The van der Waals surface area contributed by atoms with Crippen LogP contribution < -0.4 is 15.8 Å². The Labute approximate surface area is 153 Å². The second-order valence-electron chi connectivity index (χ2n) is 6.87. The molecule has 2 aromatic carbocycles. The van der Waals surface area contributed by atoms with Gasteiger partial charge in [0.25, 0.3) is 0 Å². The third-order valence-electron chi connectivity index (χ3n) is 5.27. The summed E-state index contributed by atoms with van der Waals surface area (Å²) in [6, 6.07) is 13.0. The molecule has 5 nitrogen and oxygen atoms in total. The van der Waals surface area contributed by atoms with Gasteiger partial charge >= 0.3 is 0 Å². The van der Waals surface area contributed by atoms with Gasteiger partial charge in [-0.25, -0.2) is 0 Å². The van der Waals surface area contributed by atoms with Crippen molar-refractivity contribution < 1.29 is 14.3 Å². The van der Waals surface area contributed by atoms with Crippen LogP contribution in [0.25, 0.3) is 0 Å². The number of methoxy groups -OCH3 is 1. The van der Waals surface area contributed by atoms with Crippen LogP contribution in [0.3, 0.4) is 0 Å². The van der Waals surface area contributed by atoms with Crippen molar-refractivity contribution in [2.24, 2.45) is 5.73 Å². The first-order valence-corrected chi connectivity index (χ1v) is 8.83. The van der Waals surface area contributed by atoms with Crippen molar-refractivity contribution in [2.45, 2.75) is 38.0 Å². The number of hydrogen-bond acceptors (Lipinski definition) is 3. The Morgan fingerprint density at radius 2 is 1.85 bits per heavy atom. The normalized spacial score (nSPS) is 15.5. The first-order chi connectivity index (χ1) is 12.5. The minimum atomic E-state index is -0.577. The molecule has 3 N–H and O–H groups in total. The number of nitrogens with two attached hydrogens (primary N) is 1. The zero-order valence-electron chi connectivity index (χ0n) is 15.2. The van der Waals surface area contributed by atoms with Crippen molar-refractivity contribution in [1.82, 2.24) is 0 Å². The van der Waals surface area contributed by atoms with Crippen molar-refractivity contribution in [3.63, 3.8) is 0 Å². The molecule has 1 aliphatic carbocycles. The third kappa shape index (κ3) is 3.29. The number of aryl methyl sites for hydroxylation is 1. The van der Waals surface area contributed by atoms with Gasteiger partial charge in [0, 0.05) is 11.3 Å². The van der Waals surface area contributed by atoms with E-state index < -0.39 is 11.3 Å². The highest BCUT2D eigenvalue weighted by molar-refractivity contribution is 6.01. The lowest BCUT2D eigenvalue weighted by molar-refractivity contribution is -0.121. The summed E-state index contributed by atoms with van der Waals surface area (Å²) in [5.74, 6) is 0.192. The first-order valence-electron chi connectivity index (χ1n) is 8.83. The molecule has 2 aromatic rings. The van der Waals surface area contributed by atoms with Gasteiger partial charge < -0.3 is 15.8 Å². The quantitative estimate of drug-likeness (QED) is 0.863. The Kier molecular flexibility index (Phi) is 4.98. The third-order valence-corrected chi connectivity index (χ3v) is 5.27. The number of anilines is 1. The monoisotopic (exact) mass is 352 g/mol. The molecule has 0 radical (unpaired) electrons. The number of nitrogens with one attached hydrogen (secondary N) is 1. The summed E-state index contributed by atoms with van der Waals surface area (Å²) in [7, 11) is 1.62. The van der Waals surface area contributed by atoms with Crippen molar-refractivity contribution in [3.05, 3.63) is 59.2 Å². The standard InChI is InChI=1S/C21H24N2O3/c1-14-8-9-16(13-18(14)19(22)24)23-20(25)21(10-3-4-11-21)15-6-5-7-17(12-15)26-2/h5-9,12-13H,3-4,10-11H2,1-2H3,(H2,22,24)(H,23,25). The predicted octanol–water partition coefficient (Wildman–Crippen LogP) is 3.55. The Morgan fingerprint density at radius 1 is 1.12 bits per heavy atom. The minimum Gasteiger partial charge on any atom is -0.497 e. The number of rotatable bonds is 5. The molecule has 0 aromatic heterocycles. The number of hydrogen-bond donors (Lipinski definition) is 2. The fourth-order valence-corrected chi connectivity index (χ4v) is 3.76. The van der Waals surface area contributed by atoms with Crippen molar-refractivity contribution >= 4 is 17.5 Å². The molecular weight excluding hydrogens is 328 g/mol. The van der Waals surface area contributed by atoms with Crippen LogP contribution in [0.15, 0.2) is 42.5 Å². The van der Waals surface area contributed by atoms with Gasteiger partial charge in [0.1, 0.15) is 5.75 Å². The van der Waals surface area contributed by atoms with Crippen molar-refractivity contribution in [1.29, 1.82) is 0 Å². The van der Waals surface area contributed by atoms with E-state index in [0.717, 1.165) is 42.6 Å². The maximum absolute atomic E-state index is 13.2. The number of benzene rings is 2. The van der Waals surface area contributed by atoms with E-state index in [-0.39, 0.29) is 5.91 Å². The summed E-state index contributed by atoms with van der Waals surface area (Å²) in [4.78, 5) is 24.8. The molecule has 0 unspecified atom stereocenters. The number of carbonyl (C=O) groups is 2. The van der Waals surface area contributed by atoms with Gasteiger partial charge in [0.15, 0.2) is 0 Å². The second-order valence-corrected chi connectivity index (χ2v) is 6.87. The molecule has 1 fully saturated rings. The van der Waals surface area contributed by atoms with E-state index in [0.29, 0.717) is 11.3 Å². The van der Waals surface area contributed by atoms with E-state index >= 15 is 0 Å². The van der Waals surface area contributed by atoms with E-state index in [4.69, 9.17) is 10.5 Å². The van der Waals surface area contributed by atoms with Crippen LogP contribution in [0.5, 0.6) is 5.75 Å². The Balaban J connectivity index is 1.93. The van der Waals surface area contributed by atoms with E-state index in [1.54, 1.807) is 25.3 Å². The molecule has 136 valence electrons. The van der Waals surface area contributed by atoms with Gasteiger partial charge in [-0.05, 0) is 55.2 Å². The number of amides is 2. The zero-order chi connectivity index (χ0) is 18.7. The maximum atomic E-state index is 13.2. The topological polar surface area (TPSA) is 81.4 Å². The SMILES string of the molecule is COc1cccc(C2(C(=O)Nc3ccc(C)c(C(N)=O)c3)CCCC2)c1. The molecule has 0 heterocycles. The van der Waals surface area contributed by atoms with E-state index in [1.807, 2.05) is 31.2 Å². The van der Waals surface area contributed by atoms with Gasteiger partial charge in [-0.1, -0.05) is 31.0 Å². The number of primary amides is 1. The number of carbonyl (C=O) groups excluding carboxylic acids is 2. The summed E-state index contributed by atoms with van der Waals surface area (Å²) in [6.45, 7) is 1.82. The lowest BCUT2D eigenvalue weighted by Crippen LogP contribution is -2.38. The molecule has 0 spiro atoms. The van der Waals surface area contributed by atoms with Crippen molar-refractivity contribution in [3.8, 4) is 5.75 Å². The molecule has 1 saturated carbocycles. The Hall–Kier alpha value is -2.82. The fraction of sp³-hybridized carbons (Fsp3) is 0.333. The largest absolute Gasteiger partial charge is 0.497 e. The van der Waals surface area contributed by atoms with Gasteiger partial charge in [0.05, 0.1) is 12.5 Å². The molecule has 0 bridgehead atoms. The molecule has 1 aliphatic rings. The molecule has 26 heavy (non-hydrogen) atoms. The lowest BCUT2D eigenvalue weighted by atomic mass is 9.78. The minimum absolute atomic E-state index is 0.0532. The van der Waals surface area contributed by atoms with E-state index in [2.05, 4.69) is 5.32 Å². The summed E-state index contributed by atoms with van der Waals surface area (Å²) in [5.41, 5.74) is 7.61. The van der Waals surface area contributed by atoms with Crippen LogP contribution in [0.4, 0.5) is 5.69 Å². The van der Waals surface area contributed by atoms with Gasteiger partial charge in [-0.15, -0.1) is 0 Å². The summed E-state index contributed by atoms with van der Waals surface area (Å²) in [6.07, 6.45) is 3.59. The van der Waals surface area contributed by atoms with Crippen LogP contribution in [-0.2, 0) is 10.2 Å². The van der Waals surface area contributed by atoms with Crippen LogP contribution >= 0.6 is 0 Å². The van der Waals surface area contributed by atoms with Crippen molar-refractivity contribution in [2.75, 3.05) is 12.4 Å². The molecule has 0 saturated heterocycles. The molecule has 2 amide bonds. The molecular formula is C21H24N2O3. The highest BCUT2D eigenvalue weighted by Crippen LogP contribution is 2.43. The lowest BCUT2D eigenvalue weighted by Gasteiger charge is -2.28. The predicted molar refractivity (Wildman–Crippen MR) is 101 cm³/mol. The molecule has 5 heteroatoms. The first kappa shape index (κ1) is 18.0. The summed E-state index contributed by atoms with van der Waals surface area (Å²) >= 11 is 0. The molecule has 0 aliphatic heterocycles. The van der Waals surface area contributed by atoms with Gasteiger partial charge in [0.2, 0.25) is 11.8 Å². The van der Waals surface area contributed by atoms with Gasteiger partial charge in [-0.2, -0.15) is 0 Å². The molecule has 0 atom stereocenters. The maximum Gasteiger partial charge on any atom is 0.249 e. The highest BCUT2D eigenvalue weighted by Gasteiger charge is 2.43. The van der Waals surface area contributed by atoms with Crippen LogP contribution in [-0.4, -0.2) is 18.9 Å². The Morgan fingerprint density at radius 3 is 2.50 bits per heavy atom. The van der Waals surface area contributed by atoms with Gasteiger partial charge in [-0.3, -0.25) is 9.59 Å². The highest BCUT2D eigenvalue weighted by atomic mass is 16.5. The second kappa shape index (κ2) is 7.20. The van der Waals surface area contributed by atoms with Crippen LogP contribution in [0.2, 0.25) is 0 Å². The average molecular weight is 352 g/mol. The fourth-order valence-electron chi connectivity index (χ4n) is 3.76.